The summed E-state index contributed by atoms with van der Waals surface area (Å²) in [5, 5.41) is 6.03. The van der Waals surface area contributed by atoms with Gasteiger partial charge in [-0.2, -0.15) is 0 Å². The highest BCUT2D eigenvalue weighted by Gasteiger charge is 2.22. The number of rotatable bonds is 7. The number of ether oxygens (including phenoxy) is 1. The molecule has 0 saturated heterocycles. The van der Waals surface area contributed by atoms with Crippen LogP contribution < -0.4 is 15.4 Å². The van der Waals surface area contributed by atoms with E-state index in [1.807, 2.05) is 45.2 Å². The molecule has 1 rings (SSSR count). The number of halogens is 1. The van der Waals surface area contributed by atoms with Gasteiger partial charge in [-0.1, -0.05) is 18.2 Å². The fraction of sp³-hybridized carbons (Fsp3) is 0.533. The van der Waals surface area contributed by atoms with E-state index in [-0.39, 0.29) is 23.9 Å². The van der Waals surface area contributed by atoms with Gasteiger partial charge in [0, 0.05) is 18.5 Å². The summed E-state index contributed by atoms with van der Waals surface area (Å²) < 4.78 is 5.34. The molecule has 0 spiro atoms. The fourth-order valence-electron chi connectivity index (χ4n) is 2.05. The van der Waals surface area contributed by atoms with E-state index < -0.39 is 0 Å². The lowest BCUT2D eigenvalue weighted by Gasteiger charge is -2.27. The summed E-state index contributed by atoms with van der Waals surface area (Å²) in [6.45, 7) is 4.74. The first-order chi connectivity index (χ1) is 8.98. The summed E-state index contributed by atoms with van der Waals surface area (Å²) in [7, 11) is 3.50. The number of hydrogen-bond acceptors (Lipinski definition) is 3. The number of para-hydroxylation sites is 1. The van der Waals surface area contributed by atoms with Crippen molar-refractivity contribution in [1.29, 1.82) is 0 Å². The first kappa shape index (κ1) is 18.7. The minimum Gasteiger partial charge on any atom is -0.496 e. The van der Waals surface area contributed by atoms with Crippen LogP contribution in [0.2, 0.25) is 0 Å². The van der Waals surface area contributed by atoms with Gasteiger partial charge in [0.15, 0.2) is 0 Å². The molecule has 4 nitrogen and oxygen atoms in total. The molecule has 114 valence electrons. The molecule has 0 heterocycles. The van der Waals surface area contributed by atoms with Crippen LogP contribution in [0.3, 0.4) is 0 Å². The van der Waals surface area contributed by atoms with Gasteiger partial charge in [-0.25, -0.2) is 0 Å². The van der Waals surface area contributed by atoms with Gasteiger partial charge in [0.25, 0.3) is 0 Å². The highest BCUT2D eigenvalue weighted by atomic mass is 35.5. The lowest BCUT2D eigenvalue weighted by molar-refractivity contribution is -0.122. The van der Waals surface area contributed by atoms with Gasteiger partial charge in [-0.05, 0) is 38.9 Å². The van der Waals surface area contributed by atoms with E-state index in [1.54, 1.807) is 7.11 Å². The highest BCUT2D eigenvalue weighted by Crippen LogP contribution is 2.22. The highest BCUT2D eigenvalue weighted by molar-refractivity contribution is 5.85. The first-order valence-corrected chi connectivity index (χ1v) is 6.56. The molecule has 0 saturated carbocycles. The Labute approximate surface area is 127 Å². The van der Waals surface area contributed by atoms with Crippen LogP contribution in [0.1, 0.15) is 25.8 Å². The Morgan fingerprint density at radius 1 is 1.30 bits per heavy atom. The normalized spacial score (nSPS) is 10.6. The molecular weight excluding hydrogens is 276 g/mol. The Morgan fingerprint density at radius 3 is 2.55 bits per heavy atom. The molecule has 1 aromatic rings. The van der Waals surface area contributed by atoms with E-state index in [9.17, 15) is 4.79 Å². The number of benzene rings is 1. The molecule has 2 N–H and O–H groups in total. The molecule has 20 heavy (non-hydrogen) atoms. The largest absolute Gasteiger partial charge is 0.496 e. The van der Waals surface area contributed by atoms with E-state index in [0.717, 1.165) is 17.7 Å². The third kappa shape index (κ3) is 6.26. The number of hydrogen-bond donors (Lipinski definition) is 2. The molecule has 0 bridgehead atoms. The maximum Gasteiger partial charge on any atom is 0.221 e. The molecule has 0 aromatic heterocycles. The van der Waals surface area contributed by atoms with Gasteiger partial charge in [0.05, 0.1) is 7.11 Å². The zero-order valence-electron chi connectivity index (χ0n) is 12.7. The Balaban J connectivity index is 0.00000361. The SMILES string of the molecule is CNCCC(=O)NC(C)(C)Cc1ccccc1OC.Cl. The molecule has 0 radical (unpaired) electrons. The van der Waals surface area contributed by atoms with Crippen molar-refractivity contribution < 1.29 is 9.53 Å². The van der Waals surface area contributed by atoms with Crippen LogP contribution in [-0.2, 0) is 11.2 Å². The second kappa shape index (κ2) is 8.82. The Morgan fingerprint density at radius 2 is 1.95 bits per heavy atom. The summed E-state index contributed by atoms with van der Waals surface area (Å²) in [5.41, 5.74) is 0.809. The molecule has 0 aliphatic heterocycles. The van der Waals surface area contributed by atoms with Crippen LogP contribution in [0.4, 0.5) is 0 Å². The molecule has 5 heteroatoms. The van der Waals surface area contributed by atoms with Crippen molar-refractivity contribution in [3.05, 3.63) is 29.8 Å². The monoisotopic (exact) mass is 300 g/mol. The van der Waals surface area contributed by atoms with Crippen LogP contribution >= 0.6 is 12.4 Å². The third-order valence-corrected chi connectivity index (χ3v) is 2.90. The van der Waals surface area contributed by atoms with Crippen molar-refractivity contribution in [3.63, 3.8) is 0 Å². The molecule has 0 aliphatic carbocycles. The van der Waals surface area contributed by atoms with Crippen LogP contribution in [0.25, 0.3) is 0 Å². The number of amides is 1. The lowest BCUT2D eigenvalue weighted by Crippen LogP contribution is -2.45. The molecule has 0 aliphatic rings. The Bertz CT molecular complexity index is 422. The topological polar surface area (TPSA) is 50.4 Å². The summed E-state index contributed by atoms with van der Waals surface area (Å²) in [5.74, 6) is 0.925. The predicted octanol–water partition coefficient (Wildman–Crippen LogP) is 2.16. The second-order valence-electron chi connectivity index (χ2n) is 5.27. The van der Waals surface area contributed by atoms with Crippen molar-refractivity contribution in [2.24, 2.45) is 0 Å². The van der Waals surface area contributed by atoms with Crippen LogP contribution in [0, 0.1) is 0 Å². The second-order valence-corrected chi connectivity index (χ2v) is 5.27. The summed E-state index contributed by atoms with van der Waals surface area (Å²) in [4.78, 5) is 11.8. The van der Waals surface area contributed by atoms with Gasteiger partial charge in [0.1, 0.15) is 5.75 Å². The lowest BCUT2D eigenvalue weighted by atomic mass is 9.94. The van der Waals surface area contributed by atoms with Gasteiger partial charge in [-0.3, -0.25) is 4.79 Å². The predicted molar refractivity (Wildman–Crippen MR) is 84.7 cm³/mol. The average molecular weight is 301 g/mol. The maximum atomic E-state index is 11.8. The van der Waals surface area contributed by atoms with Crippen molar-refractivity contribution in [2.45, 2.75) is 32.2 Å². The van der Waals surface area contributed by atoms with Gasteiger partial charge >= 0.3 is 0 Å². The Hall–Kier alpha value is -1.26. The van der Waals surface area contributed by atoms with Crippen molar-refractivity contribution >= 4 is 18.3 Å². The van der Waals surface area contributed by atoms with Crippen LogP contribution in [-0.4, -0.2) is 32.1 Å². The standard InChI is InChI=1S/C15H24N2O2.ClH/c1-15(2,17-14(18)9-10-16-3)11-12-7-5-6-8-13(12)19-4;/h5-8,16H,9-11H2,1-4H3,(H,17,18);1H. The van der Waals surface area contributed by atoms with Crippen molar-refractivity contribution in [2.75, 3.05) is 20.7 Å². The quantitative estimate of drug-likeness (QED) is 0.811. The van der Waals surface area contributed by atoms with E-state index in [0.29, 0.717) is 13.0 Å². The minimum absolute atomic E-state index is 0. The molecule has 1 aromatic carbocycles. The average Bonchev–Trinajstić information content (AvgIpc) is 2.36. The third-order valence-electron chi connectivity index (χ3n) is 2.90. The summed E-state index contributed by atoms with van der Waals surface area (Å²) in [6, 6.07) is 7.90. The van der Waals surface area contributed by atoms with Crippen molar-refractivity contribution in [3.8, 4) is 5.75 Å². The first-order valence-electron chi connectivity index (χ1n) is 6.56. The maximum absolute atomic E-state index is 11.8. The molecule has 0 fully saturated rings. The molecule has 0 unspecified atom stereocenters. The van der Waals surface area contributed by atoms with Crippen LogP contribution in [0.15, 0.2) is 24.3 Å². The summed E-state index contributed by atoms with van der Waals surface area (Å²) in [6.07, 6.45) is 1.23. The van der Waals surface area contributed by atoms with Crippen LogP contribution in [0.5, 0.6) is 5.75 Å². The number of carbonyl (C=O) groups is 1. The Kier molecular flexibility index (Phi) is 8.26. The zero-order chi connectivity index (χ0) is 14.3. The summed E-state index contributed by atoms with van der Waals surface area (Å²) >= 11 is 0. The molecule has 1 amide bonds. The van der Waals surface area contributed by atoms with E-state index in [4.69, 9.17) is 4.74 Å². The number of nitrogens with one attached hydrogen (secondary N) is 2. The fourth-order valence-corrected chi connectivity index (χ4v) is 2.05. The van der Waals surface area contributed by atoms with Gasteiger partial charge in [-0.15, -0.1) is 12.4 Å². The molecular formula is C15H25ClN2O2. The molecule has 0 atom stereocenters. The number of methoxy groups -OCH3 is 1. The zero-order valence-corrected chi connectivity index (χ0v) is 13.5. The van der Waals surface area contributed by atoms with Gasteiger partial charge < -0.3 is 15.4 Å². The smallest absolute Gasteiger partial charge is 0.221 e. The van der Waals surface area contributed by atoms with E-state index >= 15 is 0 Å². The number of carbonyl (C=O) groups excluding carboxylic acids is 1. The van der Waals surface area contributed by atoms with Gasteiger partial charge in [0.2, 0.25) is 5.91 Å². The van der Waals surface area contributed by atoms with E-state index in [1.165, 1.54) is 0 Å². The minimum atomic E-state index is -0.292. The van der Waals surface area contributed by atoms with Crippen molar-refractivity contribution in [1.82, 2.24) is 10.6 Å². The van der Waals surface area contributed by atoms with E-state index in [2.05, 4.69) is 10.6 Å².